The van der Waals surface area contributed by atoms with Gasteiger partial charge in [0.2, 0.25) is 0 Å². The Kier molecular flexibility index (Phi) is 7.29. The highest BCUT2D eigenvalue weighted by Crippen LogP contribution is 2.16. The largest absolute Gasteiger partial charge is 0.316 e. The lowest BCUT2D eigenvalue weighted by Crippen LogP contribution is -2.05. The maximum absolute atomic E-state index is 12.5. The first-order chi connectivity index (χ1) is 9.97. The van der Waals surface area contributed by atoms with Crippen LogP contribution in [0.3, 0.4) is 0 Å². The summed E-state index contributed by atoms with van der Waals surface area (Å²) >= 11 is 11.2. The van der Waals surface area contributed by atoms with Gasteiger partial charge in [0.15, 0.2) is 6.29 Å². The standard InChI is InChI=1S/C8H9ClFN.C7H4ClFO/c1-11-5-6-2-3-7(10)4-8(6)9;8-7-3-6(9)2-1-5(7)4-10/h2-4,11H,5H2,1H3;1-4H. The normalized spacial score (nSPS) is 9.76. The van der Waals surface area contributed by atoms with E-state index in [1.165, 1.54) is 24.3 Å². The first-order valence-electron chi connectivity index (χ1n) is 5.96. The molecule has 0 fully saturated rings. The molecular formula is C15H13Cl2F2NO. The van der Waals surface area contributed by atoms with E-state index in [1.807, 2.05) is 7.05 Å². The van der Waals surface area contributed by atoms with Crippen LogP contribution in [0.1, 0.15) is 15.9 Å². The predicted molar refractivity (Wildman–Crippen MR) is 81.0 cm³/mol. The SMILES string of the molecule is CNCc1ccc(F)cc1Cl.O=Cc1ccc(F)cc1Cl. The maximum Gasteiger partial charge on any atom is 0.151 e. The van der Waals surface area contributed by atoms with E-state index in [-0.39, 0.29) is 10.8 Å². The van der Waals surface area contributed by atoms with Crippen LogP contribution in [0.2, 0.25) is 10.0 Å². The molecule has 2 rings (SSSR count). The summed E-state index contributed by atoms with van der Waals surface area (Å²) < 4.78 is 24.8. The fourth-order valence-electron chi connectivity index (χ4n) is 1.45. The summed E-state index contributed by atoms with van der Waals surface area (Å²) in [5, 5.41) is 3.56. The van der Waals surface area contributed by atoms with Gasteiger partial charge in [-0.1, -0.05) is 29.3 Å². The number of halogens is 4. The van der Waals surface area contributed by atoms with Gasteiger partial charge < -0.3 is 5.32 Å². The third-order valence-electron chi connectivity index (χ3n) is 2.47. The van der Waals surface area contributed by atoms with Gasteiger partial charge in [-0.05, 0) is 42.9 Å². The third-order valence-corrected chi connectivity index (χ3v) is 3.15. The number of carbonyl (C=O) groups is 1. The highest BCUT2D eigenvalue weighted by Gasteiger charge is 1.99. The van der Waals surface area contributed by atoms with Crippen LogP contribution in [0.25, 0.3) is 0 Å². The Balaban J connectivity index is 0.000000211. The number of nitrogens with one attached hydrogen (secondary N) is 1. The van der Waals surface area contributed by atoms with Crippen LogP contribution in [0, 0.1) is 11.6 Å². The lowest BCUT2D eigenvalue weighted by Gasteiger charge is -2.01. The number of hydrogen-bond acceptors (Lipinski definition) is 2. The quantitative estimate of drug-likeness (QED) is 0.839. The second-order valence-electron chi connectivity index (χ2n) is 4.05. The van der Waals surface area contributed by atoms with Crippen molar-refractivity contribution in [2.75, 3.05) is 7.05 Å². The summed E-state index contributed by atoms with van der Waals surface area (Å²) in [4.78, 5) is 10.1. The van der Waals surface area contributed by atoms with Crippen LogP contribution < -0.4 is 5.32 Å². The summed E-state index contributed by atoms with van der Waals surface area (Å²) in [6.45, 7) is 0.666. The number of hydrogen-bond donors (Lipinski definition) is 1. The fraction of sp³-hybridized carbons (Fsp3) is 0.133. The Bertz CT molecular complexity index is 621. The van der Waals surface area contributed by atoms with Gasteiger partial charge in [0.1, 0.15) is 11.6 Å². The van der Waals surface area contributed by atoms with Gasteiger partial charge in [0.25, 0.3) is 0 Å². The minimum atomic E-state index is -0.435. The number of aldehydes is 1. The molecular weight excluding hydrogens is 319 g/mol. The summed E-state index contributed by atoms with van der Waals surface area (Å²) in [5.74, 6) is -0.731. The van der Waals surface area contributed by atoms with Crippen molar-refractivity contribution in [1.82, 2.24) is 5.32 Å². The summed E-state index contributed by atoms with van der Waals surface area (Å²) in [6.07, 6.45) is 0.585. The molecule has 0 saturated heterocycles. The van der Waals surface area contributed by atoms with E-state index < -0.39 is 5.82 Å². The predicted octanol–water partition coefficient (Wildman–Crippen LogP) is 4.49. The molecule has 0 aliphatic carbocycles. The Morgan fingerprint density at radius 1 is 1.05 bits per heavy atom. The van der Waals surface area contributed by atoms with Crippen LogP contribution in [-0.2, 0) is 6.54 Å². The highest BCUT2D eigenvalue weighted by atomic mass is 35.5. The van der Waals surface area contributed by atoms with E-state index in [2.05, 4.69) is 5.32 Å². The van der Waals surface area contributed by atoms with Crippen LogP contribution in [-0.4, -0.2) is 13.3 Å². The molecule has 0 saturated carbocycles. The monoisotopic (exact) mass is 331 g/mol. The summed E-state index contributed by atoms with van der Waals surface area (Å²) in [6, 6.07) is 8.02. The Morgan fingerprint density at radius 3 is 2.10 bits per heavy atom. The van der Waals surface area contributed by atoms with Crippen molar-refractivity contribution in [3.63, 3.8) is 0 Å². The van der Waals surface area contributed by atoms with E-state index in [4.69, 9.17) is 23.2 Å². The minimum absolute atomic E-state index is 0.148. The molecule has 0 aliphatic heterocycles. The molecule has 0 spiro atoms. The van der Waals surface area contributed by atoms with E-state index in [0.29, 0.717) is 23.4 Å². The van der Waals surface area contributed by atoms with E-state index in [1.54, 1.807) is 6.07 Å². The van der Waals surface area contributed by atoms with E-state index in [9.17, 15) is 13.6 Å². The number of benzene rings is 2. The van der Waals surface area contributed by atoms with Crippen LogP contribution in [0.5, 0.6) is 0 Å². The van der Waals surface area contributed by atoms with Crippen molar-refractivity contribution in [3.05, 3.63) is 69.2 Å². The van der Waals surface area contributed by atoms with Crippen molar-refractivity contribution in [2.24, 2.45) is 0 Å². The zero-order valence-electron chi connectivity index (χ0n) is 11.2. The van der Waals surface area contributed by atoms with Gasteiger partial charge >= 0.3 is 0 Å². The van der Waals surface area contributed by atoms with Crippen molar-refractivity contribution in [3.8, 4) is 0 Å². The molecule has 0 aliphatic rings. The van der Waals surface area contributed by atoms with Crippen LogP contribution >= 0.6 is 23.2 Å². The topological polar surface area (TPSA) is 29.1 Å². The molecule has 112 valence electrons. The van der Waals surface area contributed by atoms with Gasteiger partial charge in [-0.3, -0.25) is 4.79 Å². The van der Waals surface area contributed by atoms with Gasteiger partial charge in [-0.25, -0.2) is 8.78 Å². The average molecular weight is 332 g/mol. The minimum Gasteiger partial charge on any atom is -0.316 e. The second kappa shape index (κ2) is 8.72. The summed E-state index contributed by atoms with van der Waals surface area (Å²) in [5.41, 5.74) is 1.22. The fourth-order valence-corrected chi connectivity index (χ4v) is 1.90. The first kappa shape index (κ1) is 17.6. The Hall–Kier alpha value is -1.49. The lowest BCUT2D eigenvalue weighted by molar-refractivity contribution is 0.112. The third kappa shape index (κ3) is 5.79. The molecule has 21 heavy (non-hydrogen) atoms. The molecule has 0 atom stereocenters. The molecule has 0 amide bonds. The molecule has 0 bridgehead atoms. The number of carbonyl (C=O) groups excluding carboxylic acids is 1. The van der Waals surface area contributed by atoms with E-state index >= 15 is 0 Å². The molecule has 2 aromatic carbocycles. The van der Waals surface area contributed by atoms with Gasteiger partial charge in [-0.2, -0.15) is 0 Å². The molecule has 0 radical (unpaired) electrons. The van der Waals surface area contributed by atoms with Crippen LogP contribution in [0.4, 0.5) is 8.78 Å². The Labute approximate surface area is 131 Å². The van der Waals surface area contributed by atoms with Gasteiger partial charge in [-0.15, -0.1) is 0 Å². The molecule has 0 unspecified atom stereocenters. The summed E-state index contributed by atoms with van der Waals surface area (Å²) in [7, 11) is 1.82. The highest BCUT2D eigenvalue weighted by molar-refractivity contribution is 6.33. The van der Waals surface area contributed by atoms with Crippen LogP contribution in [0.15, 0.2) is 36.4 Å². The lowest BCUT2D eigenvalue weighted by atomic mass is 10.2. The van der Waals surface area contributed by atoms with Gasteiger partial charge in [0.05, 0.1) is 5.02 Å². The zero-order chi connectivity index (χ0) is 15.8. The van der Waals surface area contributed by atoms with Crippen molar-refractivity contribution in [1.29, 1.82) is 0 Å². The van der Waals surface area contributed by atoms with Crippen molar-refractivity contribution < 1.29 is 13.6 Å². The molecule has 2 nitrogen and oxygen atoms in total. The zero-order valence-corrected chi connectivity index (χ0v) is 12.7. The molecule has 0 aromatic heterocycles. The average Bonchev–Trinajstić information content (AvgIpc) is 2.43. The number of rotatable bonds is 3. The van der Waals surface area contributed by atoms with Crippen molar-refractivity contribution in [2.45, 2.75) is 6.54 Å². The molecule has 0 heterocycles. The molecule has 1 N–H and O–H groups in total. The Morgan fingerprint density at radius 2 is 1.62 bits per heavy atom. The smallest absolute Gasteiger partial charge is 0.151 e. The van der Waals surface area contributed by atoms with Crippen molar-refractivity contribution >= 4 is 29.5 Å². The van der Waals surface area contributed by atoms with Gasteiger partial charge in [0, 0.05) is 17.1 Å². The second-order valence-corrected chi connectivity index (χ2v) is 4.86. The first-order valence-corrected chi connectivity index (χ1v) is 6.72. The molecule has 2 aromatic rings. The maximum atomic E-state index is 12.5. The molecule has 6 heteroatoms. The van der Waals surface area contributed by atoms with E-state index in [0.717, 1.165) is 11.6 Å².